The van der Waals surface area contributed by atoms with Crippen molar-refractivity contribution in [3.8, 4) is 0 Å². The average Bonchev–Trinajstić information content (AvgIpc) is 2.63. The third-order valence-corrected chi connectivity index (χ3v) is 5.76. The number of halogens is 2. The van der Waals surface area contributed by atoms with Gasteiger partial charge in [-0.25, -0.2) is 0 Å². The molecule has 1 atom stereocenters. The van der Waals surface area contributed by atoms with Gasteiger partial charge in [-0.3, -0.25) is 9.69 Å². The van der Waals surface area contributed by atoms with E-state index in [0.29, 0.717) is 6.04 Å². The van der Waals surface area contributed by atoms with Crippen LogP contribution in [0, 0.1) is 0 Å². The summed E-state index contributed by atoms with van der Waals surface area (Å²) in [6.45, 7) is 6.20. The minimum atomic E-state index is -0.353. The fourth-order valence-electron chi connectivity index (χ4n) is 4.10. The van der Waals surface area contributed by atoms with Gasteiger partial charge in [-0.05, 0) is 51.1 Å². The maximum Gasteiger partial charge on any atom is 0.242 e. The van der Waals surface area contributed by atoms with Gasteiger partial charge in [0.05, 0.1) is 5.54 Å². The second kappa shape index (κ2) is 10.5. The van der Waals surface area contributed by atoms with Gasteiger partial charge in [-0.1, -0.05) is 30.3 Å². The summed E-state index contributed by atoms with van der Waals surface area (Å²) < 4.78 is 0. The van der Waals surface area contributed by atoms with Crippen LogP contribution in [0.25, 0.3) is 0 Å². The molecule has 148 valence electrons. The Labute approximate surface area is 170 Å². The first-order chi connectivity index (χ1) is 11.6. The van der Waals surface area contributed by atoms with E-state index in [1.807, 2.05) is 11.9 Å². The highest BCUT2D eigenvalue weighted by Gasteiger charge is 2.38. The highest BCUT2D eigenvalue weighted by Crippen LogP contribution is 2.24. The smallest absolute Gasteiger partial charge is 0.242 e. The molecule has 2 fully saturated rings. The van der Waals surface area contributed by atoms with Gasteiger partial charge < -0.3 is 10.2 Å². The van der Waals surface area contributed by atoms with Gasteiger partial charge in [0.1, 0.15) is 0 Å². The third kappa shape index (κ3) is 5.59. The van der Waals surface area contributed by atoms with Crippen LogP contribution in [0.1, 0.15) is 44.6 Å². The fourth-order valence-corrected chi connectivity index (χ4v) is 4.10. The highest BCUT2D eigenvalue weighted by molar-refractivity contribution is 5.86. The van der Waals surface area contributed by atoms with Crippen molar-refractivity contribution >= 4 is 30.7 Å². The molecule has 0 aromatic heterocycles. The topological polar surface area (TPSA) is 35.6 Å². The van der Waals surface area contributed by atoms with E-state index in [1.165, 1.54) is 12.0 Å². The van der Waals surface area contributed by atoms with Gasteiger partial charge in [-0.15, -0.1) is 24.8 Å². The Bertz CT molecular complexity index is 541. The monoisotopic (exact) mass is 401 g/mol. The lowest BCUT2D eigenvalue weighted by atomic mass is 9.88. The number of nitrogens with one attached hydrogen (secondary N) is 1. The van der Waals surface area contributed by atoms with Gasteiger partial charge in [0.25, 0.3) is 0 Å². The van der Waals surface area contributed by atoms with Crippen molar-refractivity contribution in [1.29, 1.82) is 0 Å². The predicted molar refractivity (Wildman–Crippen MR) is 112 cm³/mol. The molecule has 2 saturated heterocycles. The van der Waals surface area contributed by atoms with E-state index < -0.39 is 0 Å². The van der Waals surface area contributed by atoms with Crippen LogP contribution >= 0.6 is 24.8 Å². The molecule has 4 nitrogen and oxygen atoms in total. The Morgan fingerprint density at radius 2 is 1.85 bits per heavy atom. The fraction of sp³-hybridized carbons (Fsp3) is 0.650. The number of piperidine rings is 2. The van der Waals surface area contributed by atoms with Crippen molar-refractivity contribution in [3.05, 3.63) is 35.9 Å². The summed E-state index contributed by atoms with van der Waals surface area (Å²) in [4.78, 5) is 17.5. The van der Waals surface area contributed by atoms with Crippen LogP contribution in [0.3, 0.4) is 0 Å². The third-order valence-electron chi connectivity index (χ3n) is 5.76. The van der Waals surface area contributed by atoms with Crippen LogP contribution in [0.15, 0.2) is 30.3 Å². The Hall–Kier alpha value is -0.810. The van der Waals surface area contributed by atoms with Crippen LogP contribution in [0.2, 0.25) is 0 Å². The molecule has 3 rings (SSSR count). The van der Waals surface area contributed by atoms with Crippen LogP contribution < -0.4 is 5.32 Å². The largest absolute Gasteiger partial charge is 0.341 e. The van der Waals surface area contributed by atoms with E-state index in [4.69, 9.17) is 0 Å². The van der Waals surface area contributed by atoms with Crippen molar-refractivity contribution < 1.29 is 4.79 Å². The molecule has 0 radical (unpaired) electrons. The maximum atomic E-state index is 12.9. The summed E-state index contributed by atoms with van der Waals surface area (Å²) in [7, 11) is 2.00. The quantitative estimate of drug-likeness (QED) is 0.838. The maximum absolute atomic E-state index is 12.9. The number of hydrogen-bond donors (Lipinski definition) is 1. The van der Waals surface area contributed by atoms with Gasteiger partial charge in [0.15, 0.2) is 0 Å². The first-order valence-corrected chi connectivity index (χ1v) is 9.37. The molecule has 0 saturated carbocycles. The lowest BCUT2D eigenvalue weighted by Crippen LogP contribution is -2.59. The molecule has 1 aromatic rings. The summed E-state index contributed by atoms with van der Waals surface area (Å²) in [6.07, 6.45) is 5.45. The van der Waals surface area contributed by atoms with E-state index >= 15 is 0 Å². The molecular formula is C20H33Cl2N3O. The number of likely N-dealkylation sites (N-methyl/N-ethyl adjacent to an activating group) is 1. The minimum absolute atomic E-state index is 0. The van der Waals surface area contributed by atoms with Crippen LogP contribution in [-0.4, -0.2) is 54.0 Å². The molecule has 26 heavy (non-hydrogen) atoms. The van der Waals surface area contributed by atoms with Crippen molar-refractivity contribution in [3.63, 3.8) is 0 Å². The van der Waals surface area contributed by atoms with Crippen LogP contribution in [-0.2, 0) is 11.3 Å². The zero-order valence-corrected chi connectivity index (χ0v) is 17.6. The molecule has 2 aliphatic heterocycles. The van der Waals surface area contributed by atoms with Crippen molar-refractivity contribution in [1.82, 2.24) is 15.1 Å². The van der Waals surface area contributed by atoms with Crippen LogP contribution in [0.4, 0.5) is 0 Å². The van der Waals surface area contributed by atoms with Crippen molar-refractivity contribution in [2.24, 2.45) is 0 Å². The van der Waals surface area contributed by atoms with E-state index in [9.17, 15) is 4.79 Å². The number of amides is 1. The lowest BCUT2D eigenvalue weighted by Gasteiger charge is -2.42. The standard InChI is InChI=1S/C20H31N3O.2ClH/c1-20(12-6-7-13-21-20)19(24)22(2)18-10-14-23(15-11-18)16-17-8-4-3-5-9-17;;/h3-5,8-9,18,21H,6-7,10-16H2,1-2H3;2*1H. The normalized spacial score (nSPS) is 24.2. The first kappa shape index (κ1) is 23.2. The summed E-state index contributed by atoms with van der Waals surface area (Å²) >= 11 is 0. The predicted octanol–water partition coefficient (Wildman–Crippen LogP) is 3.49. The number of carbonyl (C=O) groups is 1. The summed E-state index contributed by atoms with van der Waals surface area (Å²) in [5, 5.41) is 3.46. The van der Waals surface area contributed by atoms with Crippen LogP contribution in [0.5, 0.6) is 0 Å². The van der Waals surface area contributed by atoms with E-state index in [2.05, 4.69) is 47.5 Å². The Kier molecular flexibility index (Phi) is 9.39. The average molecular weight is 402 g/mol. The number of benzene rings is 1. The van der Waals surface area contributed by atoms with E-state index in [0.717, 1.165) is 51.9 Å². The van der Waals surface area contributed by atoms with Gasteiger partial charge >= 0.3 is 0 Å². The number of likely N-dealkylation sites (tertiary alicyclic amines) is 1. The van der Waals surface area contributed by atoms with Gasteiger partial charge in [0, 0.05) is 32.7 Å². The molecule has 0 spiro atoms. The van der Waals surface area contributed by atoms with Gasteiger partial charge in [0.2, 0.25) is 5.91 Å². The first-order valence-electron chi connectivity index (χ1n) is 9.37. The number of carbonyl (C=O) groups excluding carboxylic acids is 1. The summed E-state index contributed by atoms with van der Waals surface area (Å²) in [5.74, 6) is 0.281. The molecule has 1 N–H and O–H groups in total. The molecule has 1 aromatic carbocycles. The Morgan fingerprint density at radius 3 is 2.42 bits per heavy atom. The molecule has 0 bridgehead atoms. The highest BCUT2D eigenvalue weighted by atomic mass is 35.5. The molecule has 1 unspecified atom stereocenters. The second-order valence-corrected chi connectivity index (χ2v) is 7.62. The SMILES string of the molecule is CN(C(=O)C1(C)CCCCN1)C1CCN(Cc2ccccc2)CC1.Cl.Cl. The molecule has 6 heteroatoms. The van der Waals surface area contributed by atoms with E-state index in [-0.39, 0.29) is 36.3 Å². The summed E-state index contributed by atoms with van der Waals surface area (Å²) in [5.41, 5.74) is 1.02. The number of nitrogens with zero attached hydrogens (tertiary/aromatic N) is 2. The molecule has 1 amide bonds. The summed E-state index contributed by atoms with van der Waals surface area (Å²) in [6, 6.07) is 11.0. The van der Waals surface area contributed by atoms with E-state index in [1.54, 1.807) is 0 Å². The minimum Gasteiger partial charge on any atom is -0.341 e. The number of rotatable bonds is 4. The molecule has 0 aliphatic carbocycles. The zero-order chi connectivity index (χ0) is 17.0. The second-order valence-electron chi connectivity index (χ2n) is 7.62. The Morgan fingerprint density at radius 1 is 1.19 bits per heavy atom. The number of hydrogen-bond acceptors (Lipinski definition) is 3. The molecule has 2 heterocycles. The van der Waals surface area contributed by atoms with Crippen molar-refractivity contribution in [2.75, 3.05) is 26.7 Å². The molecule has 2 aliphatic rings. The lowest BCUT2D eigenvalue weighted by molar-refractivity contribution is -0.140. The van der Waals surface area contributed by atoms with Gasteiger partial charge in [-0.2, -0.15) is 0 Å². The Balaban J connectivity index is 0.00000169. The van der Waals surface area contributed by atoms with Crippen molar-refractivity contribution in [2.45, 2.75) is 57.2 Å². The zero-order valence-electron chi connectivity index (χ0n) is 15.9. The molecular weight excluding hydrogens is 369 g/mol.